The molecule has 5 heteroatoms. The Balaban J connectivity index is 2.56. The van der Waals surface area contributed by atoms with Gasteiger partial charge in [-0.1, -0.05) is 12.1 Å². The first-order valence-electron chi connectivity index (χ1n) is 5.05. The second-order valence-electron chi connectivity index (χ2n) is 3.58. The van der Waals surface area contributed by atoms with Crippen molar-refractivity contribution in [1.29, 1.82) is 5.26 Å². The van der Waals surface area contributed by atoms with Gasteiger partial charge in [0, 0.05) is 11.8 Å². The van der Waals surface area contributed by atoms with Gasteiger partial charge in [0.1, 0.15) is 0 Å². The molecule has 90 valence electrons. The van der Waals surface area contributed by atoms with Gasteiger partial charge in [-0.3, -0.25) is 4.98 Å². The number of hydrogen-bond acceptors (Lipinski definition) is 2. The SMILES string of the molecule is N#Cc1cc(C(F)(F)F)ccc1-c1ccccn1. The highest BCUT2D eigenvalue weighted by Gasteiger charge is 2.31. The number of rotatable bonds is 1. The second-order valence-corrected chi connectivity index (χ2v) is 3.58. The highest BCUT2D eigenvalue weighted by molar-refractivity contribution is 5.67. The van der Waals surface area contributed by atoms with Crippen LogP contribution < -0.4 is 0 Å². The summed E-state index contributed by atoms with van der Waals surface area (Å²) >= 11 is 0. The standard InChI is InChI=1S/C13H7F3N2/c14-13(15,16)10-4-5-11(9(7-10)8-17)12-3-1-2-6-18-12/h1-7H. The molecule has 0 saturated carbocycles. The van der Waals surface area contributed by atoms with Crippen LogP contribution in [0.1, 0.15) is 11.1 Å². The molecule has 0 radical (unpaired) electrons. The third-order valence-electron chi connectivity index (χ3n) is 2.41. The summed E-state index contributed by atoms with van der Waals surface area (Å²) in [5.74, 6) is 0. The van der Waals surface area contributed by atoms with Crippen molar-refractivity contribution in [2.24, 2.45) is 0 Å². The van der Waals surface area contributed by atoms with Gasteiger partial charge in [-0.15, -0.1) is 0 Å². The molecule has 18 heavy (non-hydrogen) atoms. The van der Waals surface area contributed by atoms with E-state index in [1.165, 1.54) is 12.3 Å². The van der Waals surface area contributed by atoms with Gasteiger partial charge in [0.25, 0.3) is 0 Å². The molecule has 1 aromatic carbocycles. The van der Waals surface area contributed by atoms with Gasteiger partial charge in [0.2, 0.25) is 0 Å². The zero-order valence-corrected chi connectivity index (χ0v) is 9.07. The minimum Gasteiger partial charge on any atom is -0.256 e. The van der Waals surface area contributed by atoms with E-state index >= 15 is 0 Å². The zero-order valence-electron chi connectivity index (χ0n) is 9.07. The number of alkyl halides is 3. The predicted molar refractivity (Wildman–Crippen MR) is 59.4 cm³/mol. The van der Waals surface area contributed by atoms with Crippen LogP contribution in [-0.4, -0.2) is 4.98 Å². The Morgan fingerprint density at radius 3 is 2.44 bits per heavy atom. The summed E-state index contributed by atoms with van der Waals surface area (Å²) < 4.78 is 37.5. The quantitative estimate of drug-likeness (QED) is 0.772. The molecule has 0 unspecified atom stereocenters. The summed E-state index contributed by atoms with van der Waals surface area (Å²) in [6.45, 7) is 0. The fraction of sp³-hybridized carbons (Fsp3) is 0.0769. The monoisotopic (exact) mass is 248 g/mol. The summed E-state index contributed by atoms with van der Waals surface area (Å²) in [5.41, 5.74) is -0.00358. The van der Waals surface area contributed by atoms with E-state index in [4.69, 9.17) is 5.26 Å². The Kier molecular flexibility index (Phi) is 3.02. The molecule has 0 bridgehead atoms. The number of halogens is 3. The average molecular weight is 248 g/mol. The minimum atomic E-state index is -4.45. The van der Waals surface area contributed by atoms with E-state index < -0.39 is 11.7 Å². The molecular formula is C13H7F3N2. The highest BCUT2D eigenvalue weighted by atomic mass is 19.4. The Labute approximate surface area is 101 Å². The molecule has 0 spiro atoms. The Morgan fingerprint density at radius 1 is 1.11 bits per heavy atom. The first-order chi connectivity index (χ1) is 8.52. The minimum absolute atomic E-state index is 0.0384. The molecule has 2 rings (SSSR count). The fourth-order valence-corrected chi connectivity index (χ4v) is 1.56. The lowest BCUT2D eigenvalue weighted by molar-refractivity contribution is -0.137. The van der Waals surface area contributed by atoms with E-state index in [2.05, 4.69) is 4.98 Å². The fourth-order valence-electron chi connectivity index (χ4n) is 1.56. The van der Waals surface area contributed by atoms with E-state index in [1.54, 1.807) is 24.3 Å². The normalized spacial score (nSPS) is 11.0. The largest absolute Gasteiger partial charge is 0.416 e. The summed E-state index contributed by atoms with van der Waals surface area (Å²) in [6.07, 6.45) is -2.93. The van der Waals surface area contributed by atoms with E-state index in [9.17, 15) is 13.2 Å². The van der Waals surface area contributed by atoms with Crippen LogP contribution in [0.5, 0.6) is 0 Å². The molecule has 0 aliphatic heterocycles. The summed E-state index contributed by atoms with van der Waals surface area (Å²) in [7, 11) is 0. The zero-order chi connectivity index (χ0) is 13.2. The topological polar surface area (TPSA) is 36.7 Å². The van der Waals surface area contributed by atoms with Crippen molar-refractivity contribution in [3.63, 3.8) is 0 Å². The van der Waals surface area contributed by atoms with Crippen LogP contribution >= 0.6 is 0 Å². The summed E-state index contributed by atoms with van der Waals surface area (Å²) in [5, 5.41) is 8.92. The molecule has 0 aliphatic rings. The second kappa shape index (κ2) is 4.49. The maximum Gasteiger partial charge on any atom is 0.416 e. The third-order valence-corrected chi connectivity index (χ3v) is 2.41. The van der Waals surface area contributed by atoms with Gasteiger partial charge in [0.15, 0.2) is 0 Å². The van der Waals surface area contributed by atoms with Gasteiger partial charge < -0.3 is 0 Å². The maximum atomic E-state index is 12.5. The van der Waals surface area contributed by atoms with E-state index in [-0.39, 0.29) is 5.56 Å². The predicted octanol–water partition coefficient (Wildman–Crippen LogP) is 3.64. The van der Waals surface area contributed by atoms with Crippen LogP contribution in [0.15, 0.2) is 42.6 Å². The van der Waals surface area contributed by atoms with Gasteiger partial charge in [-0.05, 0) is 24.3 Å². The van der Waals surface area contributed by atoms with Crippen molar-refractivity contribution < 1.29 is 13.2 Å². The van der Waals surface area contributed by atoms with Crippen molar-refractivity contribution in [2.75, 3.05) is 0 Å². The highest BCUT2D eigenvalue weighted by Crippen LogP contribution is 2.32. The third kappa shape index (κ3) is 2.33. The van der Waals surface area contributed by atoms with E-state index in [0.717, 1.165) is 12.1 Å². The summed E-state index contributed by atoms with van der Waals surface area (Å²) in [4.78, 5) is 4.02. The van der Waals surface area contributed by atoms with Crippen molar-refractivity contribution in [3.8, 4) is 17.3 Å². The summed E-state index contributed by atoms with van der Waals surface area (Å²) in [6, 6.07) is 9.87. The first-order valence-corrected chi connectivity index (χ1v) is 5.05. The van der Waals surface area contributed by atoms with Crippen molar-refractivity contribution in [1.82, 2.24) is 4.98 Å². The lowest BCUT2D eigenvalue weighted by atomic mass is 10.0. The molecule has 0 saturated heterocycles. The molecule has 1 aromatic heterocycles. The number of aromatic nitrogens is 1. The molecule has 0 atom stereocenters. The van der Waals surface area contributed by atoms with Crippen LogP contribution in [0.4, 0.5) is 13.2 Å². The van der Waals surface area contributed by atoms with Crippen LogP contribution in [0, 0.1) is 11.3 Å². The molecule has 2 aromatic rings. The smallest absolute Gasteiger partial charge is 0.256 e. The van der Waals surface area contributed by atoms with E-state index in [0.29, 0.717) is 11.3 Å². The molecule has 0 aliphatic carbocycles. The average Bonchev–Trinajstić information content (AvgIpc) is 2.38. The van der Waals surface area contributed by atoms with E-state index in [1.807, 2.05) is 0 Å². The van der Waals surface area contributed by atoms with Crippen LogP contribution in [0.3, 0.4) is 0 Å². The van der Waals surface area contributed by atoms with Crippen LogP contribution in [-0.2, 0) is 6.18 Å². The number of nitrogens with zero attached hydrogens (tertiary/aromatic N) is 2. The molecular weight excluding hydrogens is 241 g/mol. The van der Waals surface area contributed by atoms with Gasteiger partial charge in [0.05, 0.1) is 22.9 Å². The molecule has 1 heterocycles. The molecule has 2 nitrogen and oxygen atoms in total. The number of hydrogen-bond donors (Lipinski definition) is 0. The van der Waals surface area contributed by atoms with Crippen LogP contribution in [0.25, 0.3) is 11.3 Å². The van der Waals surface area contributed by atoms with Gasteiger partial charge >= 0.3 is 6.18 Å². The Morgan fingerprint density at radius 2 is 1.89 bits per heavy atom. The van der Waals surface area contributed by atoms with Crippen molar-refractivity contribution in [2.45, 2.75) is 6.18 Å². The lowest BCUT2D eigenvalue weighted by Crippen LogP contribution is -2.05. The van der Waals surface area contributed by atoms with Crippen LogP contribution in [0.2, 0.25) is 0 Å². The first kappa shape index (κ1) is 12.1. The Hall–Kier alpha value is -2.35. The molecule has 0 fully saturated rings. The molecule has 0 amide bonds. The van der Waals surface area contributed by atoms with Gasteiger partial charge in [-0.2, -0.15) is 18.4 Å². The Bertz CT molecular complexity index is 598. The lowest BCUT2D eigenvalue weighted by Gasteiger charge is -2.09. The van der Waals surface area contributed by atoms with Crippen molar-refractivity contribution >= 4 is 0 Å². The number of pyridine rings is 1. The van der Waals surface area contributed by atoms with Gasteiger partial charge in [-0.25, -0.2) is 0 Å². The molecule has 0 N–H and O–H groups in total. The van der Waals surface area contributed by atoms with Crippen molar-refractivity contribution in [3.05, 3.63) is 53.7 Å². The number of nitriles is 1. The maximum absolute atomic E-state index is 12.5. The number of benzene rings is 1.